The van der Waals surface area contributed by atoms with Crippen LogP contribution in [0.1, 0.15) is 209 Å². The molecule has 12 aromatic rings. The summed E-state index contributed by atoms with van der Waals surface area (Å²) in [5.41, 5.74) is 37.3. The minimum atomic E-state index is -0.224. The van der Waals surface area contributed by atoms with Gasteiger partial charge in [0.05, 0.1) is 11.4 Å². The lowest BCUT2D eigenvalue weighted by Crippen LogP contribution is -2.61. The SMILES string of the molecule is CC(C)c1ccc(-c2cc3c4c(c2)N(c2c(-c5ccccc5)cc(C(C)(C)C)cc2-c2ccccc2)c2cc(-c5cc(C(C)(C)C)cc(C(C)(C)C)c5)ccc2B4c2ccc(-c4cc(C(C)(C)C)cc(C(C)(C)C)c4)cc2N3c2c(-c3ccccc3)cc(C(C)(C)C)cc2-c2ccccc2)c(C(C)C)c1. The van der Waals surface area contributed by atoms with E-state index >= 15 is 0 Å². The van der Waals surface area contributed by atoms with E-state index in [-0.39, 0.29) is 45.1 Å². The van der Waals surface area contributed by atoms with E-state index in [2.05, 4.69) is 411 Å². The summed E-state index contributed by atoms with van der Waals surface area (Å²) < 4.78 is 0. The zero-order chi connectivity index (χ0) is 74.8. The molecule has 2 heterocycles. The summed E-state index contributed by atoms with van der Waals surface area (Å²) in [6.45, 7) is 51.8. The van der Waals surface area contributed by atoms with Gasteiger partial charge in [0, 0.05) is 45.0 Å². The van der Waals surface area contributed by atoms with Crippen molar-refractivity contribution in [3.05, 3.63) is 293 Å². The van der Waals surface area contributed by atoms with Crippen LogP contribution in [0, 0.1) is 0 Å². The quantitative estimate of drug-likeness (QED) is 0.119. The number of nitrogens with zero attached hydrogens (tertiary/aromatic N) is 2. The molecule has 12 aromatic carbocycles. The summed E-state index contributed by atoms with van der Waals surface area (Å²) in [6, 6.07) is 98.0. The number of anilines is 6. The van der Waals surface area contributed by atoms with Crippen molar-refractivity contribution in [1.29, 1.82) is 0 Å². The van der Waals surface area contributed by atoms with Gasteiger partial charge in [-0.2, -0.15) is 0 Å². The van der Waals surface area contributed by atoms with Gasteiger partial charge in [0.15, 0.2) is 0 Å². The Kier molecular flexibility index (Phi) is 18.4. The Hall–Kier alpha value is -9.70. The molecule has 14 rings (SSSR count). The predicted octanol–water partition coefficient (Wildman–Crippen LogP) is 27.5. The fraction of sp³-hybridized carbons (Fsp3) is 0.294. The van der Waals surface area contributed by atoms with Gasteiger partial charge in [0.1, 0.15) is 0 Å². The topological polar surface area (TPSA) is 6.48 Å². The molecule has 0 aromatic heterocycles. The number of hydrogen-bond acceptors (Lipinski definition) is 2. The Morgan fingerprint density at radius 2 is 0.533 bits per heavy atom. The van der Waals surface area contributed by atoms with Gasteiger partial charge in [-0.1, -0.05) is 353 Å². The van der Waals surface area contributed by atoms with Crippen molar-refractivity contribution in [1.82, 2.24) is 0 Å². The fourth-order valence-corrected chi connectivity index (χ4v) is 16.0. The zero-order valence-corrected chi connectivity index (χ0v) is 66.8. The van der Waals surface area contributed by atoms with Crippen molar-refractivity contribution in [2.75, 3.05) is 9.80 Å². The van der Waals surface area contributed by atoms with E-state index in [4.69, 9.17) is 0 Å². The molecule has 0 saturated carbocycles. The highest BCUT2D eigenvalue weighted by Crippen LogP contribution is 2.56. The number of hydrogen-bond donors (Lipinski definition) is 0. The van der Waals surface area contributed by atoms with Crippen LogP contribution in [0.25, 0.3) is 77.9 Å². The molecule has 2 nitrogen and oxygen atoms in total. The molecule has 2 aliphatic heterocycles. The second-order valence-electron chi connectivity index (χ2n) is 37.1. The molecule has 0 bridgehead atoms. The lowest BCUT2D eigenvalue weighted by atomic mass is 9.33. The van der Waals surface area contributed by atoms with Crippen molar-refractivity contribution in [2.24, 2.45) is 0 Å². The molecule has 0 saturated heterocycles. The molecule has 0 radical (unpaired) electrons. The first-order chi connectivity index (χ1) is 49.5. The largest absolute Gasteiger partial charge is 0.310 e. The average molecular weight is 1370 g/mol. The number of rotatable bonds is 11. The van der Waals surface area contributed by atoms with E-state index in [9.17, 15) is 0 Å². The number of fused-ring (bicyclic) bond motifs is 4. The van der Waals surface area contributed by atoms with Crippen LogP contribution in [0.4, 0.5) is 34.1 Å². The number of benzene rings is 12. The van der Waals surface area contributed by atoms with Crippen LogP contribution < -0.4 is 26.2 Å². The van der Waals surface area contributed by atoms with E-state index in [0.29, 0.717) is 5.92 Å². The molecule has 105 heavy (non-hydrogen) atoms. The van der Waals surface area contributed by atoms with Crippen molar-refractivity contribution >= 4 is 57.2 Å². The highest BCUT2D eigenvalue weighted by atomic mass is 15.2. The smallest absolute Gasteiger partial charge is 0.252 e. The predicted molar refractivity (Wildman–Crippen MR) is 459 cm³/mol. The van der Waals surface area contributed by atoms with Gasteiger partial charge in [-0.25, -0.2) is 0 Å². The van der Waals surface area contributed by atoms with Gasteiger partial charge >= 0.3 is 0 Å². The summed E-state index contributed by atoms with van der Waals surface area (Å²) in [5.74, 6) is 0.573. The van der Waals surface area contributed by atoms with Crippen LogP contribution in [-0.4, -0.2) is 6.71 Å². The highest BCUT2D eigenvalue weighted by molar-refractivity contribution is 7.00. The lowest BCUT2D eigenvalue weighted by Gasteiger charge is -2.46. The lowest BCUT2D eigenvalue weighted by molar-refractivity contribution is 0.568. The van der Waals surface area contributed by atoms with Gasteiger partial charge in [-0.3, -0.25) is 0 Å². The minimum Gasteiger partial charge on any atom is -0.310 e. The van der Waals surface area contributed by atoms with Gasteiger partial charge in [0.25, 0.3) is 6.71 Å². The van der Waals surface area contributed by atoms with Crippen LogP contribution >= 0.6 is 0 Å². The molecule has 530 valence electrons. The Morgan fingerprint density at radius 3 is 0.819 bits per heavy atom. The first kappa shape index (κ1) is 72.3. The maximum absolute atomic E-state index is 2.77. The van der Waals surface area contributed by atoms with E-state index in [1.54, 1.807) is 0 Å². The molecule has 0 fully saturated rings. The van der Waals surface area contributed by atoms with Gasteiger partial charge in [0.2, 0.25) is 0 Å². The Labute approximate surface area is 630 Å². The van der Waals surface area contributed by atoms with Crippen molar-refractivity contribution in [3.8, 4) is 77.9 Å². The molecule has 0 atom stereocenters. The van der Waals surface area contributed by atoms with Gasteiger partial charge in [-0.05, 0) is 209 Å². The zero-order valence-electron chi connectivity index (χ0n) is 66.8. The van der Waals surface area contributed by atoms with E-state index in [1.807, 2.05) is 0 Å². The molecule has 2 aliphatic rings. The molecule has 0 N–H and O–H groups in total. The van der Waals surface area contributed by atoms with Crippen molar-refractivity contribution in [3.63, 3.8) is 0 Å². The van der Waals surface area contributed by atoms with Crippen LogP contribution in [0.3, 0.4) is 0 Å². The van der Waals surface area contributed by atoms with Crippen molar-refractivity contribution < 1.29 is 0 Å². The highest BCUT2D eigenvalue weighted by Gasteiger charge is 2.46. The van der Waals surface area contributed by atoms with Crippen LogP contribution in [0.2, 0.25) is 0 Å². The van der Waals surface area contributed by atoms with Crippen LogP contribution in [-0.2, 0) is 32.5 Å². The van der Waals surface area contributed by atoms with E-state index < -0.39 is 0 Å². The molecule has 0 unspecified atom stereocenters. The fourth-order valence-electron chi connectivity index (χ4n) is 16.0. The standard InChI is InChI=1S/C102H109BN2/c1-64(2)70-43-46-82(83(53-70)65(3)4)75-56-92-94-93(57-75)105(96-86(68-39-31-25-32-40-68)62-81(102(20,21)22)63-87(96)69-41-33-26-34-42-69)91-55-72(74-51-78(99(11,12)13)59-79(52-74)100(14,15)16)45-48-89(91)103(94)88-47-44-71(73-49-76(97(5,6)7)58-77(50-73)98(8,9)10)54-90(88)104(92)95-84(66-35-27-23-28-36-66)60-80(101(17,18)19)61-85(95)67-37-29-24-30-38-67/h23-65H,1-22H3. The maximum Gasteiger partial charge on any atom is 0.252 e. The summed E-state index contributed by atoms with van der Waals surface area (Å²) in [7, 11) is 0. The minimum absolute atomic E-state index is 0.0963. The first-order valence-corrected chi connectivity index (χ1v) is 38.6. The van der Waals surface area contributed by atoms with E-state index in [0.717, 1.165) is 22.7 Å². The van der Waals surface area contributed by atoms with Crippen molar-refractivity contribution in [2.45, 2.75) is 197 Å². The third-order valence-electron chi connectivity index (χ3n) is 22.5. The third-order valence-corrected chi connectivity index (χ3v) is 22.5. The normalized spacial score (nSPS) is 13.4. The first-order valence-electron chi connectivity index (χ1n) is 38.6. The maximum atomic E-state index is 2.77. The Morgan fingerprint density at radius 1 is 0.238 bits per heavy atom. The van der Waals surface area contributed by atoms with Crippen LogP contribution in [0.15, 0.2) is 249 Å². The Bertz CT molecular complexity index is 4800. The second kappa shape index (κ2) is 26.7. The molecular weight excluding hydrogens is 1260 g/mol. The summed E-state index contributed by atoms with van der Waals surface area (Å²) in [4.78, 5) is 5.54. The third kappa shape index (κ3) is 13.8. The molecular formula is C102H109BN2. The van der Waals surface area contributed by atoms with E-state index in [1.165, 1.54) is 150 Å². The monoisotopic (exact) mass is 1370 g/mol. The summed E-state index contributed by atoms with van der Waals surface area (Å²) in [6.07, 6.45) is 0. The summed E-state index contributed by atoms with van der Waals surface area (Å²) >= 11 is 0. The second-order valence-corrected chi connectivity index (χ2v) is 37.1. The molecule has 0 spiro atoms. The van der Waals surface area contributed by atoms with Gasteiger partial charge in [-0.15, -0.1) is 0 Å². The average Bonchev–Trinajstić information content (AvgIpc) is 0.685. The molecule has 0 amide bonds. The summed E-state index contributed by atoms with van der Waals surface area (Å²) in [5, 5.41) is 0. The molecule has 3 heteroatoms. The van der Waals surface area contributed by atoms with Crippen LogP contribution in [0.5, 0.6) is 0 Å². The molecule has 0 aliphatic carbocycles. The Balaban J connectivity index is 1.24. The van der Waals surface area contributed by atoms with Gasteiger partial charge < -0.3 is 9.80 Å².